The van der Waals surface area contributed by atoms with Crippen LogP contribution in [-0.2, 0) is 16.6 Å². The number of nitrogens with one attached hydrogen (secondary N) is 1. The Labute approximate surface area is 157 Å². The highest BCUT2D eigenvalue weighted by Gasteiger charge is 2.22. The zero-order valence-electron chi connectivity index (χ0n) is 14.5. The highest BCUT2D eigenvalue weighted by molar-refractivity contribution is 7.89. The first-order valence-electron chi connectivity index (χ1n) is 7.61. The Morgan fingerprint density at radius 3 is 2.69 bits per heavy atom. The summed E-state index contributed by atoms with van der Waals surface area (Å²) in [6, 6.07) is 7.73. The number of carbonyl (C=O) groups excluding carboxylic acids is 1. The number of anilines is 1. The van der Waals surface area contributed by atoms with Gasteiger partial charge >= 0.3 is 0 Å². The van der Waals surface area contributed by atoms with E-state index in [-0.39, 0.29) is 21.9 Å². The number of nitriles is 1. The lowest BCUT2D eigenvalue weighted by molar-refractivity contribution is 0.102. The molecule has 0 unspecified atom stereocenters. The maximum Gasteiger partial charge on any atom is 0.256 e. The van der Waals surface area contributed by atoms with Crippen molar-refractivity contribution in [3.8, 4) is 6.07 Å². The van der Waals surface area contributed by atoms with Crippen LogP contribution in [0.1, 0.15) is 22.5 Å². The van der Waals surface area contributed by atoms with E-state index in [1.165, 1.54) is 37.0 Å². The van der Waals surface area contributed by atoms with Crippen molar-refractivity contribution in [2.24, 2.45) is 0 Å². The average Bonchev–Trinajstić information content (AvgIpc) is 2.92. The minimum atomic E-state index is -3.78. The molecule has 0 aliphatic carbocycles. The molecule has 0 saturated heterocycles. The maximum atomic E-state index is 12.5. The standard InChI is InChI=1S/C16H18ClN5O3S/c1-11-9-15(22(20-11)8-4-7-18)19-16(23)12-5-6-13(17)14(10-12)26(24,25)21(2)3/h5-6,9-10H,4,8H2,1-3H3,(H,19,23). The van der Waals surface area contributed by atoms with E-state index in [4.69, 9.17) is 16.9 Å². The van der Waals surface area contributed by atoms with Crippen LogP contribution in [-0.4, -0.2) is 42.5 Å². The average molecular weight is 396 g/mol. The van der Waals surface area contributed by atoms with E-state index in [9.17, 15) is 13.2 Å². The van der Waals surface area contributed by atoms with Gasteiger partial charge in [-0.2, -0.15) is 10.4 Å². The summed E-state index contributed by atoms with van der Waals surface area (Å²) >= 11 is 5.99. The molecule has 0 atom stereocenters. The highest BCUT2D eigenvalue weighted by Crippen LogP contribution is 2.25. The van der Waals surface area contributed by atoms with E-state index in [1.807, 2.05) is 6.07 Å². The number of hydrogen-bond donors (Lipinski definition) is 1. The first kappa shape index (κ1) is 19.9. The lowest BCUT2D eigenvalue weighted by atomic mass is 10.2. The molecular weight excluding hydrogens is 378 g/mol. The molecule has 1 aromatic carbocycles. The van der Waals surface area contributed by atoms with Gasteiger partial charge in [-0.25, -0.2) is 17.4 Å². The Kier molecular flexibility index (Phi) is 6.02. The van der Waals surface area contributed by atoms with Crippen molar-refractivity contribution in [2.45, 2.75) is 24.8 Å². The molecule has 10 heteroatoms. The molecule has 0 aliphatic heterocycles. The predicted octanol–water partition coefficient (Wildman–Crippen LogP) is 2.26. The van der Waals surface area contributed by atoms with Crippen LogP contribution < -0.4 is 5.32 Å². The number of halogens is 1. The highest BCUT2D eigenvalue weighted by atomic mass is 35.5. The fourth-order valence-electron chi connectivity index (χ4n) is 2.20. The second-order valence-electron chi connectivity index (χ2n) is 5.69. The summed E-state index contributed by atoms with van der Waals surface area (Å²) in [5.74, 6) is -0.0790. The van der Waals surface area contributed by atoms with Gasteiger partial charge in [-0.05, 0) is 25.1 Å². The minimum absolute atomic E-state index is 0.0326. The van der Waals surface area contributed by atoms with Gasteiger partial charge in [0.25, 0.3) is 5.91 Å². The van der Waals surface area contributed by atoms with Gasteiger partial charge in [-0.3, -0.25) is 4.79 Å². The molecule has 0 saturated carbocycles. The number of amides is 1. The van der Waals surface area contributed by atoms with Crippen LogP contribution in [0.3, 0.4) is 0 Å². The maximum absolute atomic E-state index is 12.5. The number of sulfonamides is 1. The van der Waals surface area contributed by atoms with Crippen LogP contribution in [0.4, 0.5) is 5.82 Å². The molecule has 0 spiro atoms. The second kappa shape index (κ2) is 7.86. The lowest BCUT2D eigenvalue weighted by Crippen LogP contribution is -2.23. The molecular formula is C16H18ClN5O3S. The third-order valence-corrected chi connectivity index (χ3v) is 5.83. The van der Waals surface area contributed by atoms with Crippen LogP contribution in [0, 0.1) is 18.3 Å². The van der Waals surface area contributed by atoms with Crippen LogP contribution >= 0.6 is 11.6 Å². The van der Waals surface area contributed by atoms with E-state index in [1.54, 1.807) is 13.0 Å². The molecule has 2 rings (SSSR count). The topological polar surface area (TPSA) is 108 Å². The molecule has 26 heavy (non-hydrogen) atoms. The van der Waals surface area contributed by atoms with Crippen LogP contribution in [0.5, 0.6) is 0 Å². The SMILES string of the molecule is Cc1cc(NC(=O)c2ccc(Cl)c(S(=O)(=O)N(C)C)c2)n(CCC#N)n1. The third kappa shape index (κ3) is 4.22. The second-order valence-corrected chi connectivity index (χ2v) is 8.22. The Morgan fingerprint density at radius 1 is 1.38 bits per heavy atom. The Hall–Kier alpha value is -2.41. The summed E-state index contributed by atoms with van der Waals surface area (Å²) in [7, 11) is -1.02. The molecule has 1 N–H and O–H groups in total. The zero-order valence-corrected chi connectivity index (χ0v) is 16.1. The molecule has 0 fully saturated rings. The van der Waals surface area contributed by atoms with Gasteiger partial charge in [0.2, 0.25) is 10.0 Å². The van der Waals surface area contributed by atoms with Crippen molar-refractivity contribution in [2.75, 3.05) is 19.4 Å². The smallest absolute Gasteiger partial charge is 0.256 e. The molecule has 1 heterocycles. The van der Waals surface area contributed by atoms with Crippen LogP contribution in [0.15, 0.2) is 29.2 Å². The van der Waals surface area contributed by atoms with Gasteiger partial charge < -0.3 is 5.32 Å². The van der Waals surface area contributed by atoms with Crippen LogP contribution in [0.25, 0.3) is 0 Å². The first-order valence-corrected chi connectivity index (χ1v) is 9.43. The van der Waals surface area contributed by atoms with Crippen molar-refractivity contribution in [3.05, 3.63) is 40.5 Å². The van der Waals surface area contributed by atoms with Gasteiger partial charge in [0.1, 0.15) is 10.7 Å². The van der Waals surface area contributed by atoms with Crippen molar-refractivity contribution in [3.63, 3.8) is 0 Å². The monoisotopic (exact) mass is 395 g/mol. The van der Waals surface area contributed by atoms with E-state index in [0.717, 1.165) is 4.31 Å². The number of benzene rings is 1. The fraction of sp³-hybridized carbons (Fsp3) is 0.312. The van der Waals surface area contributed by atoms with Crippen molar-refractivity contribution in [1.29, 1.82) is 5.26 Å². The van der Waals surface area contributed by atoms with Gasteiger partial charge in [0, 0.05) is 25.7 Å². The number of rotatable bonds is 6. The van der Waals surface area contributed by atoms with E-state index < -0.39 is 15.9 Å². The summed E-state index contributed by atoms with van der Waals surface area (Å²) < 4.78 is 27.2. The summed E-state index contributed by atoms with van der Waals surface area (Å²) in [4.78, 5) is 12.4. The molecule has 0 aliphatic rings. The summed E-state index contributed by atoms with van der Waals surface area (Å²) in [5.41, 5.74) is 0.825. The number of carbonyl (C=O) groups is 1. The molecule has 0 radical (unpaired) electrons. The zero-order chi connectivity index (χ0) is 19.5. The van der Waals surface area contributed by atoms with Gasteiger partial charge in [-0.15, -0.1) is 0 Å². The van der Waals surface area contributed by atoms with E-state index >= 15 is 0 Å². The Bertz CT molecular complexity index is 976. The van der Waals surface area contributed by atoms with Gasteiger partial charge in [0.05, 0.1) is 29.8 Å². The quantitative estimate of drug-likeness (QED) is 0.806. The minimum Gasteiger partial charge on any atom is -0.307 e. The largest absolute Gasteiger partial charge is 0.307 e. The summed E-state index contributed by atoms with van der Waals surface area (Å²) in [6.07, 6.45) is 0.246. The summed E-state index contributed by atoms with van der Waals surface area (Å²) in [6.45, 7) is 2.10. The van der Waals surface area contributed by atoms with Crippen molar-refractivity contribution in [1.82, 2.24) is 14.1 Å². The molecule has 8 nitrogen and oxygen atoms in total. The Morgan fingerprint density at radius 2 is 2.08 bits per heavy atom. The fourth-order valence-corrected chi connectivity index (χ4v) is 3.59. The molecule has 138 valence electrons. The molecule has 1 aromatic heterocycles. The van der Waals surface area contributed by atoms with Gasteiger partial charge in [0.15, 0.2) is 0 Å². The third-order valence-electron chi connectivity index (χ3n) is 3.53. The first-order chi connectivity index (χ1) is 12.2. The molecule has 2 aromatic rings. The van der Waals surface area contributed by atoms with Crippen molar-refractivity contribution < 1.29 is 13.2 Å². The number of aryl methyl sites for hydroxylation is 2. The summed E-state index contributed by atoms with van der Waals surface area (Å²) in [5, 5.41) is 15.6. The number of nitrogens with zero attached hydrogens (tertiary/aromatic N) is 4. The van der Waals surface area contributed by atoms with Crippen molar-refractivity contribution >= 4 is 33.3 Å². The van der Waals surface area contributed by atoms with E-state index in [2.05, 4.69) is 10.4 Å². The number of hydrogen-bond acceptors (Lipinski definition) is 5. The molecule has 0 bridgehead atoms. The normalized spacial score (nSPS) is 11.4. The van der Waals surface area contributed by atoms with Crippen LogP contribution in [0.2, 0.25) is 5.02 Å². The Balaban J connectivity index is 2.33. The number of aromatic nitrogens is 2. The lowest BCUT2D eigenvalue weighted by Gasteiger charge is -2.14. The molecule has 1 amide bonds. The van der Waals surface area contributed by atoms with Gasteiger partial charge in [-0.1, -0.05) is 11.6 Å². The van der Waals surface area contributed by atoms with E-state index in [0.29, 0.717) is 18.1 Å². The predicted molar refractivity (Wildman–Crippen MR) is 97.5 cm³/mol.